The second-order valence-corrected chi connectivity index (χ2v) is 5.30. The van der Waals surface area contributed by atoms with Gasteiger partial charge in [-0.05, 0) is 12.1 Å². The smallest absolute Gasteiger partial charge is 0.195 e. The fourth-order valence-corrected chi connectivity index (χ4v) is 2.28. The monoisotopic (exact) mass is 379 g/mol. The molecular weight excluding hydrogens is 357 g/mol. The van der Waals surface area contributed by atoms with E-state index in [0.717, 1.165) is 18.3 Å². The molecule has 3 nitrogen and oxygen atoms in total. The summed E-state index contributed by atoms with van der Waals surface area (Å²) in [6.45, 7) is 0.839. The standard InChI is InChI=1S/C13H21N3S.HI/c1-15(2)13(16(3)4)14-10-11-17-12-8-6-5-7-9-12;/h5-9H,10-11H2,1-4H3;1H. The molecule has 0 saturated heterocycles. The Morgan fingerprint density at radius 3 is 2.11 bits per heavy atom. The molecule has 0 aromatic heterocycles. The van der Waals surface area contributed by atoms with E-state index in [9.17, 15) is 0 Å². The Hall–Kier alpha value is -0.430. The van der Waals surface area contributed by atoms with Crippen LogP contribution in [0.2, 0.25) is 0 Å². The van der Waals surface area contributed by atoms with Crippen LogP contribution in [0, 0.1) is 0 Å². The number of thioether (sulfide) groups is 1. The predicted octanol–water partition coefficient (Wildman–Crippen LogP) is 2.88. The van der Waals surface area contributed by atoms with Crippen molar-refractivity contribution in [1.82, 2.24) is 9.80 Å². The normalized spacial score (nSPS) is 9.33. The van der Waals surface area contributed by atoms with Crippen molar-refractivity contribution in [2.45, 2.75) is 4.90 Å². The topological polar surface area (TPSA) is 18.8 Å². The van der Waals surface area contributed by atoms with E-state index < -0.39 is 0 Å². The average Bonchev–Trinajstić information content (AvgIpc) is 2.29. The Kier molecular flexibility index (Phi) is 9.27. The van der Waals surface area contributed by atoms with Crippen LogP contribution in [0.1, 0.15) is 0 Å². The molecule has 0 fully saturated rings. The Morgan fingerprint density at radius 1 is 1.06 bits per heavy atom. The van der Waals surface area contributed by atoms with Crippen molar-refractivity contribution >= 4 is 41.7 Å². The highest BCUT2D eigenvalue weighted by Gasteiger charge is 2.02. The number of rotatable bonds is 4. The minimum Gasteiger partial charge on any atom is -0.349 e. The summed E-state index contributed by atoms with van der Waals surface area (Å²) < 4.78 is 0. The molecule has 102 valence electrons. The third-order valence-electron chi connectivity index (χ3n) is 2.16. The van der Waals surface area contributed by atoms with Crippen LogP contribution >= 0.6 is 35.7 Å². The molecule has 0 N–H and O–H groups in total. The van der Waals surface area contributed by atoms with E-state index in [-0.39, 0.29) is 24.0 Å². The number of halogens is 1. The van der Waals surface area contributed by atoms with E-state index in [4.69, 9.17) is 0 Å². The number of aliphatic imine (C=N–C) groups is 1. The number of benzene rings is 1. The largest absolute Gasteiger partial charge is 0.349 e. The van der Waals surface area contributed by atoms with Crippen LogP contribution in [-0.4, -0.2) is 56.2 Å². The third kappa shape index (κ3) is 6.49. The molecule has 5 heteroatoms. The average molecular weight is 379 g/mol. The van der Waals surface area contributed by atoms with E-state index >= 15 is 0 Å². The van der Waals surface area contributed by atoms with Gasteiger partial charge in [-0.15, -0.1) is 35.7 Å². The van der Waals surface area contributed by atoms with Gasteiger partial charge < -0.3 is 9.80 Å². The summed E-state index contributed by atoms with van der Waals surface area (Å²) in [5.41, 5.74) is 0. The lowest BCUT2D eigenvalue weighted by Gasteiger charge is -2.22. The summed E-state index contributed by atoms with van der Waals surface area (Å²) in [7, 11) is 8.07. The first-order valence-electron chi connectivity index (χ1n) is 5.68. The third-order valence-corrected chi connectivity index (χ3v) is 3.15. The lowest BCUT2D eigenvalue weighted by atomic mass is 10.4. The van der Waals surface area contributed by atoms with Crippen LogP contribution in [0.4, 0.5) is 0 Å². The maximum Gasteiger partial charge on any atom is 0.195 e. The minimum absolute atomic E-state index is 0. The zero-order chi connectivity index (χ0) is 12.7. The molecule has 0 aliphatic heterocycles. The summed E-state index contributed by atoms with van der Waals surface area (Å²) in [5, 5.41) is 0. The summed E-state index contributed by atoms with van der Waals surface area (Å²) >= 11 is 1.84. The quantitative estimate of drug-likeness (QED) is 0.264. The van der Waals surface area contributed by atoms with Crippen LogP contribution in [0.5, 0.6) is 0 Å². The van der Waals surface area contributed by atoms with Crippen molar-refractivity contribution in [3.05, 3.63) is 30.3 Å². The van der Waals surface area contributed by atoms with Gasteiger partial charge in [0.15, 0.2) is 5.96 Å². The van der Waals surface area contributed by atoms with E-state index in [1.807, 2.05) is 55.8 Å². The lowest BCUT2D eigenvalue weighted by Crippen LogP contribution is -2.35. The molecular formula is C13H22IN3S. The molecule has 0 amide bonds. The van der Waals surface area contributed by atoms with Crippen molar-refractivity contribution in [2.75, 3.05) is 40.5 Å². The molecule has 1 aromatic rings. The first-order chi connectivity index (χ1) is 8.11. The van der Waals surface area contributed by atoms with Crippen molar-refractivity contribution in [3.63, 3.8) is 0 Å². The molecule has 18 heavy (non-hydrogen) atoms. The zero-order valence-electron chi connectivity index (χ0n) is 11.5. The molecule has 1 rings (SSSR count). The van der Waals surface area contributed by atoms with Gasteiger partial charge in [-0.1, -0.05) is 18.2 Å². The molecule has 0 saturated carbocycles. The number of hydrogen-bond acceptors (Lipinski definition) is 2. The Morgan fingerprint density at radius 2 is 1.61 bits per heavy atom. The van der Waals surface area contributed by atoms with Crippen LogP contribution in [0.25, 0.3) is 0 Å². The van der Waals surface area contributed by atoms with Crippen molar-refractivity contribution in [3.8, 4) is 0 Å². The van der Waals surface area contributed by atoms with Gasteiger partial charge in [-0.3, -0.25) is 4.99 Å². The SMILES string of the molecule is CN(C)C(=NCCSc1ccccc1)N(C)C.I. The van der Waals surface area contributed by atoms with Crippen LogP contribution in [-0.2, 0) is 0 Å². The molecule has 0 atom stereocenters. The predicted molar refractivity (Wildman–Crippen MR) is 92.3 cm³/mol. The van der Waals surface area contributed by atoms with Crippen LogP contribution in [0.15, 0.2) is 40.2 Å². The van der Waals surface area contributed by atoms with Gasteiger partial charge >= 0.3 is 0 Å². The first-order valence-corrected chi connectivity index (χ1v) is 6.66. The fourth-order valence-electron chi connectivity index (χ4n) is 1.51. The Bertz CT molecular complexity index is 343. The van der Waals surface area contributed by atoms with E-state index in [2.05, 4.69) is 29.3 Å². The van der Waals surface area contributed by atoms with Gasteiger partial charge in [-0.25, -0.2) is 0 Å². The maximum atomic E-state index is 4.59. The Balaban J connectivity index is 0.00000289. The van der Waals surface area contributed by atoms with E-state index in [1.165, 1.54) is 4.90 Å². The maximum absolute atomic E-state index is 4.59. The zero-order valence-corrected chi connectivity index (χ0v) is 14.6. The molecule has 0 unspecified atom stereocenters. The van der Waals surface area contributed by atoms with Gasteiger partial charge in [0.1, 0.15) is 0 Å². The molecule has 0 heterocycles. The molecule has 0 aliphatic rings. The summed E-state index contributed by atoms with van der Waals surface area (Å²) in [6.07, 6.45) is 0. The van der Waals surface area contributed by atoms with E-state index in [0.29, 0.717) is 0 Å². The highest BCUT2D eigenvalue weighted by molar-refractivity contribution is 14.0. The highest BCUT2D eigenvalue weighted by atomic mass is 127. The highest BCUT2D eigenvalue weighted by Crippen LogP contribution is 2.16. The van der Waals surface area contributed by atoms with E-state index in [1.54, 1.807) is 0 Å². The van der Waals surface area contributed by atoms with Gasteiger partial charge in [0, 0.05) is 38.8 Å². The fraction of sp³-hybridized carbons (Fsp3) is 0.462. The molecule has 0 aliphatic carbocycles. The number of hydrogen-bond donors (Lipinski definition) is 0. The minimum atomic E-state index is 0. The second-order valence-electron chi connectivity index (χ2n) is 4.13. The van der Waals surface area contributed by atoms with Crippen molar-refractivity contribution in [1.29, 1.82) is 0 Å². The van der Waals surface area contributed by atoms with Crippen molar-refractivity contribution in [2.24, 2.45) is 4.99 Å². The molecule has 1 aromatic carbocycles. The summed E-state index contributed by atoms with van der Waals surface area (Å²) in [6, 6.07) is 10.4. The van der Waals surface area contributed by atoms with Crippen molar-refractivity contribution < 1.29 is 0 Å². The molecule has 0 bridgehead atoms. The molecule has 0 spiro atoms. The number of nitrogens with zero attached hydrogens (tertiary/aromatic N) is 3. The lowest BCUT2D eigenvalue weighted by molar-refractivity contribution is 0.480. The van der Waals surface area contributed by atoms with Crippen LogP contribution < -0.4 is 0 Å². The Labute approximate surface area is 132 Å². The first kappa shape index (κ1) is 17.6. The van der Waals surface area contributed by atoms with Gasteiger partial charge in [0.25, 0.3) is 0 Å². The molecule has 0 radical (unpaired) electrons. The van der Waals surface area contributed by atoms with Gasteiger partial charge in [-0.2, -0.15) is 0 Å². The summed E-state index contributed by atoms with van der Waals surface area (Å²) in [4.78, 5) is 9.96. The second kappa shape index (κ2) is 9.49. The summed E-state index contributed by atoms with van der Waals surface area (Å²) in [5.74, 6) is 2.02. The number of guanidine groups is 1. The van der Waals surface area contributed by atoms with Gasteiger partial charge in [0.05, 0.1) is 6.54 Å². The van der Waals surface area contributed by atoms with Crippen LogP contribution in [0.3, 0.4) is 0 Å². The van der Waals surface area contributed by atoms with Gasteiger partial charge in [0.2, 0.25) is 0 Å².